The van der Waals surface area contributed by atoms with Crippen LogP contribution in [0.15, 0.2) is 69.9 Å². The molecule has 0 unspecified atom stereocenters. The average molecular weight is 427 g/mol. The van der Waals surface area contributed by atoms with Crippen molar-refractivity contribution in [1.82, 2.24) is 5.32 Å². The number of rotatable bonds is 8. The van der Waals surface area contributed by atoms with Crippen molar-refractivity contribution in [3.63, 3.8) is 0 Å². The van der Waals surface area contributed by atoms with Crippen LogP contribution in [0.1, 0.15) is 12.0 Å². The maximum absolute atomic E-state index is 12.6. The van der Waals surface area contributed by atoms with Gasteiger partial charge in [-0.1, -0.05) is 30.3 Å². The first kappa shape index (κ1) is 21.4. The highest BCUT2D eigenvalue weighted by Gasteiger charge is 2.23. The quantitative estimate of drug-likeness (QED) is 0.332. The molecule has 7 nitrogen and oxygen atoms in total. The Morgan fingerprint density at radius 3 is 2.63 bits per heavy atom. The minimum atomic E-state index is -0.876. The summed E-state index contributed by atoms with van der Waals surface area (Å²) in [4.78, 5) is 36.2. The van der Waals surface area contributed by atoms with Gasteiger partial charge in [0.1, 0.15) is 24.0 Å². The van der Waals surface area contributed by atoms with Crippen LogP contribution in [0.4, 0.5) is 4.79 Å². The third-order valence-electron chi connectivity index (χ3n) is 4.21. The number of esters is 1. The van der Waals surface area contributed by atoms with Crippen molar-refractivity contribution in [3.05, 3.63) is 76.6 Å². The maximum Gasteiger partial charge on any atom is 0.408 e. The van der Waals surface area contributed by atoms with Crippen molar-refractivity contribution >= 4 is 34.8 Å². The molecule has 8 heteroatoms. The molecule has 0 radical (unpaired) electrons. The molecule has 3 rings (SSSR count). The highest BCUT2D eigenvalue weighted by atomic mass is 32.2. The van der Waals surface area contributed by atoms with Crippen molar-refractivity contribution in [2.45, 2.75) is 19.1 Å². The predicted molar refractivity (Wildman–Crippen MR) is 115 cm³/mol. The van der Waals surface area contributed by atoms with E-state index in [-0.39, 0.29) is 12.4 Å². The van der Waals surface area contributed by atoms with Gasteiger partial charge in [0, 0.05) is 17.5 Å². The number of carbonyl (C=O) groups excluding carboxylic acids is 2. The molecular formula is C22H21NO6S. The van der Waals surface area contributed by atoms with Gasteiger partial charge in [0.05, 0.1) is 0 Å². The fourth-order valence-electron chi connectivity index (χ4n) is 2.68. The minimum Gasteiger partial charge on any atom is -0.445 e. The van der Waals surface area contributed by atoms with Gasteiger partial charge >= 0.3 is 17.7 Å². The summed E-state index contributed by atoms with van der Waals surface area (Å²) in [5, 5.41) is 3.27. The van der Waals surface area contributed by atoms with E-state index in [1.165, 1.54) is 12.1 Å². The van der Waals surface area contributed by atoms with Crippen LogP contribution in [0.3, 0.4) is 0 Å². The van der Waals surface area contributed by atoms with E-state index in [2.05, 4.69) is 5.32 Å². The van der Waals surface area contributed by atoms with Gasteiger partial charge in [0.15, 0.2) is 0 Å². The van der Waals surface area contributed by atoms with Gasteiger partial charge in [-0.05, 0) is 42.2 Å². The largest absolute Gasteiger partial charge is 0.445 e. The van der Waals surface area contributed by atoms with Gasteiger partial charge in [-0.15, -0.1) is 0 Å². The van der Waals surface area contributed by atoms with Crippen LogP contribution in [-0.2, 0) is 16.1 Å². The van der Waals surface area contributed by atoms with Gasteiger partial charge in [-0.2, -0.15) is 11.8 Å². The predicted octanol–water partition coefficient (Wildman–Crippen LogP) is 3.75. The van der Waals surface area contributed by atoms with Crippen LogP contribution < -0.4 is 15.7 Å². The zero-order valence-corrected chi connectivity index (χ0v) is 17.1. The Morgan fingerprint density at radius 1 is 1.10 bits per heavy atom. The molecule has 0 aliphatic carbocycles. The van der Waals surface area contributed by atoms with E-state index in [0.717, 1.165) is 5.56 Å². The summed E-state index contributed by atoms with van der Waals surface area (Å²) in [5.41, 5.74) is 0.656. The molecule has 0 saturated heterocycles. The van der Waals surface area contributed by atoms with Gasteiger partial charge < -0.3 is 19.2 Å². The maximum atomic E-state index is 12.6. The van der Waals surface area contributed by atoms with E-state index < -0.39 is 23.7 Å². The molecule has 30 heavy (non-hydrogen) atoms. The van der Waals surface area contributed by atoms with Crippen LogP contribution >= 0.6 is 11.8 Å². The van der Waals surface area contributed by atoms with E-state index in [4.69, 9.17) is 13.9 Å². The zero-order chi connectivity index (χ0) is 21.3. The van der Waals surface area contributed by atoms with Gasteiger partial charge in [0.2, 0.25) is 0 Å². The summed E-state index contributed by atoms with van der Waals surface area (Å²) in [7, 11) is 0. The lowest BCUT2D eigenvalue weighted by Crippen LogP contribution is -2.43. The van der Waals surface area contributed by atoms with E-state index in [1.807, 2.05) is 36.6 Å². The molecule has 1 aromatic heterocycles. The van der Waals surface area contributed by atoms with E-state index in [0.29, 0.717) is 23.1 Å². The third-order valence-corrected chi connectivity index (χ3v) is 4.86. The van der Waals surface area contributed by atoms with E-state index in [1.54, 1.807) is 30.0 Å². The molecule has 0 bridgehead atoms. The Balaban J connectivity index is 1.64. The highest BCUT2D eigenvalue weighted by Crippen LogP contribution is 2.20. The van der Waals surface area contributed by atoms with E-state index in [9.17, 15) is 14.4 Å². The lowest BCUT2D eigenvalue weighted by Gasteiger charge is -2.17. The summed E-state index contributed by atoms with van der Waals surface area (Å²) in [6, 6.07) is 16.1. The van der Waals surface area contributed by atoms with Crippen molar-refractivity contribution in [2.24, 2.45) is 0 Å². The Morgan fingerprint density at radius 2 is 1.87 bits per heavy atom. The second-order valence-electron chi connectivity index (χ2n) is 6.42. The second kappa shape index (κ2) is 10.5. The van der Waals surface area contributed by atoms with Crippen LogP contribution in [0.2, 0.25) is 0 Å². The highest BCUT2D eigenvalue weighted by molar-refractivity contribution is 7.98. The molecule has 0 spiro atoms. The molecule has 1 heterocycles. The number of nitrogens with one attached hydrogen (secondary N) is 1. The standard InChI is InChI=1S/C22H21NO6S/c1-30-12-11-18(23-22(26)27-14-15-5-3-2-4-6-15)21(25)28-17-9-7-16-8-10-20(24)29-19(16)13-17/h2-10,13,18H,11-12,14H2,1H3,(H,23,26)/t18-/m1/s1. The summed E-state index contributed by atoms with van der Waals surface area (Å²) in [6.45, 7) is 0.0979. The molecule has 2 aromatic carbocycles. The van der Waals surface area contributed by atoms with Crippen LogP contribution in [0, 0.1) is 0 Å². The first-order valence-corrected chi connectivity index (χ1v) is 10.7. The Bertz CT molecular complexity index is 1070. The van der Waals surface area contributed by atoms with Crippen LogP contribution in [0.25, 0.3) is 11.0 Å². The summed E-state index contributed by atoms with van der Waals surface area (Å²) >= 11 is 1.54. The molecule has 3 aromatic rings. The number of alkyl carbamates (subject to hydrolysis) is 1. The smallest absolute Gasteiger partial charge is 0.408 e. The Kier molecular flexibility index (Phi) is 7.51. The summed E-state index contributed by atoms with van der Waals surface area (Å²) in [5.74, 6) is 0.236. The molecule has 156 valence electrons. The lowest BCUT2D eigenvalue weighted by molar-refractivity contribution is -0.136. The number of fused-ring (bicyclic) bond motifs is 1. The fourth-order valence-corrected chi connectivity index (χ4v) is 3.15. The lowest BCUT2D eigenvalue weighted by atomic mass is 10.2. The molecular weight excluding hydrogens is 406 g/mol. The van der Waals surface area contributed by atoms with Crippen molar-refractivity contribution < 1.29 is 23.5 Å². The second-order valence-corrected chi connectivity index (χ2v) is 7.40. The molecule has 0 fully saturated rings. The number of thioether (sulfide) groups is 1. The number of benzene rings is 2. The molecule has 1 atom stereocenters. The van der Waals surface area contributed by atoms with Gasteiger partial charge in [-0.3, -0.25) is 0 Å². The fraction of sp³-hybridized carbons (Fsp3) is 0.227. The molecule has 1 N–H and O–H groups in total. The number of carbonyl (C=O) groups is 2. The normalized spacial score (nSPS) is 11.6. The number of amides is 1. The van der Waals surface area contributed by atoms with Crippen molar-refractivity contribution in [1.29, 1.82) is 0 Å². The first-order chi connectivity index (χ1) is 14.5. The number of ether oxygens (including phenoxy) is 2. The topological polar surface area (TPSA) is 94.8 Å². The van der Waals surface area contributed by atoms with Crippen LogP contribution in [-0.4, -0.2) is 30.1 Å². The van der Waals surface area contributed by atoms with Gasteiger partial charge in [0.25, 0.3) is 0 Å². The first-order valence-electron chi connectivity index (χ1n) is 9.27. The van der Waals surface area contributed by atoms with Gasteiger partial charge in [-0.25, -0.2) is 14.4 Å². The van der Waals surface area contributed by atoms with E-state index >= 15 is 0 Å². The Hall–Kier alpha value is -3.26. The summed E-state index contributed by atoms with van der Waals surface area (Å²) < 4.78 is 15.7. The third kappa shape index (κ3) is 6.12. The molecule has 0 aliphatic rings. The molecule has 0 saturated carbocycles. The number of hydrogen-bond donors (Lipinski definition) is 1. The molecule has 0 aliphatic heterocycles. The van der Waals surface area contributed by atoms with Crippen molar-refractivity contribution in [3.8, 4) is 5.75 Å². The van der Waals surface area contributed by atoms with Crippen molar-refractivity contribution in [2.75, 3.05) is 12.0 Å². The average Bonchev–Trinajstić information content (AvgIpc) is 2.75. The summed E-state index contributed by atoms with van der Waals surface area (Å²) in [6.07, 6.45) is 1.58. The SMILES string of the molecule is CSCC[C@@H](NC(=O)OCc1ccccc1)C(=O)Oc1ccc2ccc(=O)oc2c1. The monoisotopic (exact) mass is 427 g/mol. The molecule has 1 amide bonds. The minimum absolute atomic E-state index is 0.0979. The zero-order valence-electron chi connectivity index (χ0n) is 16.3. The Labute approximate surface area is 177 Å². The number of hydrogen-bond acceptors (Lipinski definition) is 7. The van der Waals surface area contributed by atoms with Crippen LogP contribution in [0.5, 0.6) is 5.75 Å².